The first-order valence-electron chi connectivity index (χ1n) is 4.25. The first-order valence-corrected chi connectivity index (χ1v) is 4.25. The third kappa shape index (κ3) is 7.24. The molecular weight excluding hydrogens is 236 g/mol. The summed E-state index contributed by atoms with van der Waals surface area (Å²) in [5.41, 5.74) is -1.49. The van der Waals surface area contributed by atoms with Crippen molar-refractivity contribution in [3.8, 4) is 0 Å². The third-order valence-corrected chi connectivity index (χ3v) is 2.10. The van der Waals surface area contributed by atoms with Crippen LogP contribution >= 0.6 is 0 Å². The molecule has 0 aromatic rings. The Morgan fingerprint density at radius 3 is 2.06 bits per heavy atom. The van der Waals surface area contributed by atoms with Crippen molar-refractivity contribution < 1.29 is 84.0 Å². The Kier molecular flexibility index (Phi) is 15.1. The summed E-state index contributed by atoms with van der Waals surface area (Å²) in [5.74, 6) is -2.82. The van der Waals surface area contributed by atoms with E-state index in [1.165, 1.54) is 0 Å². The van der Waals surface area contributed by atoms with Gasteiger partial charge < -0.3 is 30.2 Å². The summed E-state index contributed by atoms with van der Waals surface area (Å²) in [4.78, 5) is 20.9. The number of hydrogen-bond acceptors (Lipinski definition) is 6. The van der Waals surface area contributed by atoms with E-state index in [9.17, 15) is 19.8 Å². The molecule has 8 heteroatoms. The molecule has 0 saturated heterocycles. The molecule has 0 aromatic heterocycles. The number of aliphatic hydroxyl groups excluding tert-OH is 1. The molecule has 6 nitrogen and oxygen atoms in total. The Bertz CT molecular complexity index is 226. The second-order valence-electron chi connectivity index (χ2n) is 2.92. The van der Waals surface area contributed by atoms with E-state index in [2.05, 4.69) is 5.32 Å². The zero-order valence-electron chi connectivity index (χ0n) is 9.91. The Morgan fingerprint density at radius 1 is 1.31 bits per heavy atom. The van der Waals surface area contributed by atoms with Crippen LogP contribution < -0.4 is 74.6 Å². The van der Waals surface area contributed by atoms with Gasteiger partial charge in [0.1, 0.15) is 0 Å². The number of hydrogen-bond donors (Lipinski definition) is 2. The maximum absolute atomic E-state index is 10.8. The molecule has 82 valence electrons. The van der Waals surface area contributed by atoms with Gasteiger partial charge in [-0.2, -0.15) is 0 Å². The molecule has 0 aliphatic rings. The van der Waals surface area contributed by atoms with E-state index in [0.717, 1.165) is 0 Å². The van der Waals surface area contributed by atoms with Crippen LogP contribution in [0.25, 0.3) is 0 Å². The summed E-state index contributed by atoms with van der Waals surface area (Å²) in [6.45, 7) is 0.622. The van der Waals surface area contributed by atoms with Gasteiger partial charge >= 0.3 is 59.1 Å². The number of carbonyl (C=O) groups is 2. The fourth-order valence-corrected chi connectivity index (χ4v) is 1.14. The van der Waals surface area contributed by atoms with Gasteiger partial charge in [-0.05, 0) is 12.8 Å². The molecule has 0 saturated carbocycles. The van der Waals surface area contributed by atoms with Gasteiger partial charge in [-0.25, -0.2) is 0 Å². The molecule has 0 spiro atoms. The van der Waals surface area contributed by atoms with Crippen LogP contribution in [-0.2, 0) is 9.59 Å². The number of aliphatic hydroxyl groups is 1. The molecule has 2 N–H and O–H groups in total. The standard InChI is InChI=1S/C8H15NO5.2Na/c1-2-8(3-4-10,7(13)14)9-5-6(11)12;;/h9-10H,2-5H2,1H3,(H,11,12)(H,13,14);;/q;2*+1/p-2. The van der Waals surface area contributed by atoms with Crippen molar-refractivity contribution >= 4 is 11.9 Å². The molecule has 0 aromatic carbocycles. The molecule has 0 bridgehead atoms. The van der Waals surface area contributed by atoms with Crippen LogP contribution in [-0.4, -0.2) is 35.7 Å². The summed E-state index contributed by atoms with van der Waals surface area (Å²) in [6.07, 6.45) is 0.0300. The molecule has 1 atom stereocenters. The largest absolute Gasteiger partial charge is 1.00 e. The fraction of sp³-hybridized carbons (Fsp3) is 0.750. The predicted molar refractivity (Wildman–Crippen MR) is 42.7 cm³/mol. The quantitative estimate of drug-likeness (QED) is 0.433. The summed E-state index contributed by atoms with van der Waals surface area (Å²) in [7, 11) is 0. The maximum atomic E-state index is 10.8. The number of carboxylic acids is 2. The average molecular weight is 249 g/mol. The van der Waals surface area contributed by atoms with Crippen LogP contribution in [0.2, 0.25) is 0 Å². The van der Waals surface area contributed by atoms with Gasteiger partial charge in [0.05, 0.1) is 17.5 Å². The van der Waals surface area contributed by atoms with Crippen LogP contribution in [0, 0.1) is 0 Å². The van der Waals surface area contributed by atoms with Crippen molar-refractivity contribution in [2.24, 2.45) is 0 Å². The molecule has 0 aliphatic heterocycles. The van der Waals surface area contributed by atoms with Crippen LogP contribution in [0.1, 0.15) is 19.8 Å². The maximum Gasteiger partial charge on any atom is 1.00 e. The minimum absolute atomic E-state index is 0. The Hall–Kier alpha value is 0.860. The molecule has 16 heavy (non-hydrogen) atoms. The van der Waals surface area contributed by atoms with Gasteiger partial charge in [-0.15, -0.1) is 0 Å². The number of nitrogens with one attached hydrogen (secondary N) is 1. The molecular formula is C8H13NNa2O5. The molecule has 0 heterocycles. The van der Waals surface area contributed by atoms with E-state index < -0.39 is 24.0 Å². The van der Waals surface area contributed by atoms with Gasteiger partial charge in [0, 0.05) is 13.2 Å². The normalized spacial score (nSPS) is 12.9. The van der Waals surface area contributed by atoms with Gasteiger partial charge in [0.25, 0.3) is 0 Å². The summed E-state index contributed by atoms with van der Waals surface area (Å²) < 4.78 is 0. The van der Waals surface area contributed by atoms with Gasteiger partial charge in [-0.3, -0.25) is 0 Å². The van der Waals surface area contributed by atoms with Crippen molar-refractivity contribution in [1.29, 1.82) is 0 Å². The molecule has 0 aliphatic carbocycles. The summed E-state index contributed by atoms with van der Waals surface area (Å²) in [5, 5.41) is 31.8. The molecule has 0 rings (SSSR count). The number of carbonyl (C=O) groups excluding carboxylic acids is 2. The van der Waals surface area contributed by atoms with Crippen molar-refractivity contribution in [2.75, 3.05) is 13.2 Å². The van der Waals surface area contributed by atoms with E-state index in [-0.39, 0.29) is 78.6 Å². The number of rotatable bonds is 7. The smallest absolute Gasteiger partial charge is 0.549 e. The van der Waals surface area contributed by atoms with E-state index in [0.29, 0.717) is 0 Å². The van der Waals surface area contributed by atoms with Crippen molar-refractivity contribution in [3.05, 3.63) is 0 Å². The van der Waals surface area contributed by atoms with E-state index in [4.69, 9.17) is 5.11 Å². The van der Waals surface area contributed by atoms with Crippen molar-refractivity contribution in [1.82, 2.24) is 5.32 Å². The summed E-state index contributed by atoms with van der Waals surface area (Å²) >= 11 is 0. The molecule has 1 unspecified atom stereocenters. The topological polar surface area (TPSA) is 113 Å². The second kappa shape index (κ2) is 11.0. The molecule has 0 radical (unpaired) electrons. The SMILES string of the molecule is CCC(CCO)(NCC(=O)[O-])C(=O)[O-].[Na+].[Na+]. The predicted octanol–water partition coefficient (Wildman–Crippen LogP) is -9.39. The van der Waals surface area contributed by atoms with Gasteiger partial charge in [0.15, 0.2) is 0 Å². The van der Waals surface area contributed by atoms with Crippen LogP contribution in [0.3, 0.4) is 0 Å². The monoisotopic (exact) mass is 249 g/mol. The average Bonchev–Trinajstić information content (AvgIpc) is 2.11. The Labute approximate surface area is 138 Å². The third-order valence-electron chi connectivity index (χ3n) is 2.10. The van der Waals surface area contributed by atoms with Gasteiger partial charge in [0.2, 0.25) is 0 Å². The Balaban J connectivity index is -0.000000845. The van der Waals surface area contributed by atoms with Crippen LogP contribution in [0.4, 0.5) is 0 Å². The first kappa shape index (κ1) is 22.1. The van der Waals surface area contributed by atoms with E-state index in [1.807, 2.05) is 0 Å². The molecule has 0 fully saturated rings. The fourth-order valence-electron chi connectivity index (χ4n) is 1.14. The minimum Gasteiger partial charge on any atom is -0.549 e. The number of carboxylic acid groups (broad SMARTS) is 2. The first-order chi connectivity index (χ1) is 6.48. The number of aliphatic carboxylic acids is 2. The van der Waals surface area contributed by atoms with E-state index >= 15 is 0 Å². The van der Waals surface area contributed by atoms with Crippen molar-refractivity contribution in [2.45, 2.75) is 25.3 Å². The molecule has 0 amide bonds. The Morgan fingerprint density at radius 2 is 1.81 bits per heavy atom. The second-order valence-corrected chi connectivity index (χ2v) is 2.92. The summed E-state index contributed by atoms with van der Waals surface area (Å²) in [6, 6.07) is 0. The van der Waals surface area contributed by atoms with E-state index in [1.54, 1.807) is 6.92 Å². The van der Waals surface area contributed by atoms with Crippen LogP contribution in [0.5, 0.6) is 0 Å². The zero-order valence-corrected chi connectivity index (χ0v) is 13.9. The van der Waals surface area contributed by atoms with Crippen LogP contribution in [0.15, 0.2) is 0 Å². The van der Waals surface area contributed by atoms with Gasteiger partial charge in [-0.1, -0.05) is 6.92 Å². The minimum atomic E-state index is -1.49. The van der Waals surface area contributed by atoms with Crippen molar-refractivity contribution in [3.63, 3.8) is 0 Å². The zero-order chi connectivity index (χ0) is 11.2.